The third-order valence-electron chi connectivity index (χ3n) is 25.3. The zero-order chi connectivity index (χ0) is 79.9. The Balaban J connectivity index is 0.768. The normalized spacial score (nSPS) is 39.0. The van der Waals surface area contributed by atoms with Crippen molar-refractivity contribution in [2.75, 3.05) is 72.2 Å². The number of hydrogen-bond donors (Lipinski definition) is 16. The van der Waals surface area contributed by atoms with Gasteiger partial charge >= 0.3 is 6.03 Å². The minimum Gasteiger partial charge on any atom is -0.394 e. The first-order valence-corrected chi connectivity index (χ1v) is 41.4. The fraction of sp³-hybridized carbons (Fsp3) is 0.909. The van der Waals surface area contributed by atoms with Crippen molar-refractivity contribution in [1.29, 1.82) is 0 Å². The van der Waals surface area contributed by atoms with Gasteiger partial charge in [-0.15, -0.1) is 0 Å². The second kappa shape index (κ2) is 41.9. The standard InChI is InChI=1S/C77H130N8O26/c1-7-45-31-47(34-51(67(45)110-75-65(96)63(94)59(90)39(3)104-75)103-38-56-57(82-41(5)88)50(61(92)54(36-86)106-56)33-49(72(100)84-25-15-26-84)29-43-17-11-9-12-18-43)70(98)78-21-23-80-77(102)81-24-22-79-71(99)48-32-46(8-2)68(111-76-66(97)64(95)60(91)40(4)105-76)52(35-48)108-74-58(83-42(6)89)69(62(93)55(37-87)109-74)107-53(73(101)85-27-16-28-85)30-44-19-13-10-14-20-44/h39-40,43-69,74-76,86-87,90-97H,7-38H2,1-6H3,(H,78,98)(H,79,99)(H,82,88)(H,83,89)(H2,80,81,102)/t39-,40-,45-,46-,47+,48+,49+,50+,51+,52+,53-,54+,55+,56-,57+,58+,59+,60+,61+,62-,63+,64+,65-,66-,67+,68+,69+,74+,75-,76-/m0/s1. The molecule has 10 rings (SSSR count). The van der Waals surface area contributed by atoms with E-state index in [1.165, 1.54) is 27.7 Å². The zero-order valence-electron chi connectivity index (χ0n) is 65.5. The lowest BCUT2D eigenvalue weighted by Crippen LogP contribution is -2.67. The molecule has 0 spiro atoms. The summed E-state index contributed by atoms with van der Waals surface area (Å²) in [7, 11) is 0. The number of rotatable bonds is 33. The van der Waals surface area contributed by atoms with Gasteiger partial charge in [0.25, 0.3) is 5.91 Å². The summed E-state index contributed by atoms with van der Waals surface area (Å²) in [6.45, 7) is 10.1. The molecule has 0 aromatic rings. The quantitative estimate of drug-likeness (QED) is 0.0335. The first kappa shape index (κ1) is 88.7. The van der Waals surface area contributed by atoms with Gasteiger partial charge in [-0.05, 0) is 95.3 Å². The third-order valence-corrected chi connectivity index (χ3v) is 25.3. The van der Waals surface area contributed by atoms with Crippen LogP contribution >= 0.6 is 0 Å². The number of aliphatic hydroxyl groups excluding tert-OH is 10. The van der Waals surface area contributed by atoms with E-state index in [-0.39, 0.29) is 88.5 Å². The molecule has 8 amide bonds. The van der Waals surface area contributed by atoms with E-state index in [0.717, 1.165) is 77.0 Å². The summed E-state index contributed by atoms with van der Waals surface area (Å²) in [4.78, 5) is 100. The number of likely N-dealkylation sites (tertiary alicyclic amines) is 2. The molecule has 10 aliphatic rings. The number of hydrogen-bond acceptors (Lipinski definition) is 26. The molecule has 4 aliphatic carbocycles. The molecule has 34 nitrogen and oxygen atoms in total. The molecular formula is C77H130N8O26. The topological polar surface area (TPSA) is 484 Å². The third kappa shape index (κ3) is 22.8. The van der Waals surface area contributed by atoms with E-state index in [9.17, 15) is 84.6 Å². The lowest BCUT2D eigenvalue weighted by molar-refractivity contribution is -0.338. The summed E-state index contributed by atoms with van der Waals surface area (Å²) in [5.74, 6) is -5.23. The molecule has 0 aromatic carbocycles. The van der Waals surface area contributed by atoms with E-state index >= 15 is 0 Å². The predicted octanol–water partition coefficient (Wildman–Crippen LogP) is -1.42. The molecular weight excluding hydrogens is 1450 g/mol. The van der Waals surface area contributed by atoms with Gasteiger partial charge in [0.15, 0.2) is 18.9 Å². The summed E-state index contributed by atoms with van der Waals surface area (Å²) in [5.41, 5.74) is 0. The molecule has 10 fully saturated rings. The second-order valence-corrected chi connectivity index (χ2v) is 33.1. The summed E-state index contributed by atoms with van der Waals surface area (Å²) >= 11 is 0. The van der Waals surface area contributed by atoms with Crippen LogP contribution in [-0.2, 0) is 71.4 Å². The Labute approximate surface area is 650 Å². The Morgan fingerprint density at radius 3 is 1.41 bits per heavy atom. The van der Waals surface area contributed by atoms with Crippen LogP contribution in [0.2, 0.25) is 0 Å². The van der Waals surface area contributed by atoms with Crippen LogP contribution in [0.15, 0.2) is 0 Å². The van der Waals surface area contributed by atoms with Crippen LogP contribution in [0.4, 0.5) is 4.79 Å². The molecule has 4 saturated carbocycles. The fourth-order valence-corrected chi connectivity index (χ4v) is 18.6. The smallest absolute Gasteiger partial charge is 0.314 e. The number of nitrogens with zero attached hydrogens (tertiary/aromatic N) is 2. The van der Waals surface area contributed by atoms with Crippen molar-refractivity contribution >= 4 is 41.5 Å². The zero-order valence-corrected chi connectivity index (χ0v) is 65.5. The lowest BCUT2D eigenvalue weighted by atomic mass is 9.74. The van der Waals surface area contributed by atoms with Crippen molar-refractivity contribution in [3.8, 4) is 0 Å². The van der Waals surface area contributed by atoms with Crippen molar-refractivity contribution in [2.45, 2.75) is 323 Å². The SMILES string of the molecule is CC[C@H]1C[C@@H](C(=O)NCCNC(=O)NCCNC(=O)[C@@H]2C[C@H](CC)[C@@H](O[C@@H]3O[C@@H](C)[C@@H](O)[C@@H](O)[C@@H]3O)[C@H](O[C@@H]3O[C@H](CO)[C@H](O)[C@H](O[C@@H](CC4CCCCC4)C(=O)N4CCC4)[C@H]3NC(C)=O)C2)C[C@@H](OC[C@@H]2O[C@H](CO)[C@H](O)[C@H](C[C@@H](CC3CCCCC3)C(=O)N3CCC3)[C@H]2NC(C)=O)[C@@H]1O[C@@H]1O[C@@H](C)[C@@H](O)[C@@H](O)[C@@H]1O. The molecule has 634 valence electrons. The molecule has 6 aliphatic heterocycles. The van der Waals surface area contributed by atoms with Crippen LogP contribution in [0.3, 0.4) is 0 Å². The van der Waals surface area contributed by atoms with Gasteiger partial charge in [-0.25, -0.2) is 4.79 Å². The Kier molecular flexibility index (Phi) is 33.5. The molecule has 0 unspecified atom stereocenters. The predicted molar refractivity (Wildman–Crippen MR) is 393 cm³/mol. The van der Waals surface area contributed by atoms with Crippen LogP contribution in [0.25, 0.3) is 0 Å². The number of ether oxygens (including phenoxy) is 9. The van der Waals surface area contributed by atoms with Gasteiger partial charge in [0.2, 0.25) is 29.5 Å². The van der Waals surface area contributed by atoms with E-state index in [2.05, 4.69) is 31.9 Å². The van der Waals surface area contributed by atoms with Gasteiger partial charge in [0.1, 0.15) is 79.3 Å². The van der Waals surface area contributed by atoms with Gasteiger partial charge < -0.3 is 135 Å². The second-order valence-electron chi connectivity index (χ2n) is 33.1. The number of amides is 8. The average molecular weight is 1580 g/mol. The van der Waals surface area contributed by atoms with Crippen LogP contribution in [0.1, 0.15) is 176 Å². The Hall–Kier alpha value is -4.67. The highest BCUT2D eigenvalue weighted by molar-refractivity contribution is 5.82. The molecule has 0 aromatic heterocycles. The highest BCUT2D eigenvalue weighted by Gasteiger charge is 2.56. The van der Waals surface area contributed by atoms with E-state index in [1.807, 2.05) is 18.7 Å². The maximum Gasteiger partial charge on any atom is 0.314 e. The van der Waals surface area contributed by atoms with Crippen molar-refractivity contribution in [3.05, 3.63) is 0 Å². The lowest BCUT2D eigenvalue weighted by Gasteiger charge is -2.49. The molecule has 6 heterocycles. The average Bonchev–Trinajstić information content (AvgIpc) is 0.768. The summed E-state index contributed by atoms with van der Waals surface area (Å²) in [5, 5.41) is 128. The highest BCUT2D eigenvalue weighted by atomic mass is 16.7. The number of aliphatic hydroxyl groups is 10. The minimum atomic E-state index is -1.72. The molecule has 111 heavy (non-hydrogen) atoms. The van der Waals surface area contributed by atoms with Crippen molar-refractivity contribution in [2.24, 2.45) is 47.3 Å². The van der Waals surface area contributed by atoms with E-state index in [4.69, 9.17) is 42.6 Å². The number of carbonyl (C=O) groups is 7. The summed E-state index contributed by atoms with van der Waals surface area (Å²) in [6.07, 6.45) is -14.3. The van der Waals surface area contributed by atoms with Gasteiger partial charge in [-0.3, -0.25) is 28.8 Å². The highest BCUT2D eigenvalue weighted by Crippen LogP contribution is 2.44. The summed E-state index contributed by atoms with van der Waals surface area (Å²) in [6, 6.07) is -2.81. The summed E-state index contributed by atoms with van der Waals surface area (Å²) < 4.78 is 58.0. The monoisotopic (exact) mass is 1580 g/mol. The van der Waals surface area contributed by atoms with Crippen molar-refractivity contribution in [1.82, 2.24) is 41.7 Å². The van der Waals surface area contributed by atoms with Crippen LogP contribution in [0.5, 0.6) is 0 Å². The largest absolute Gasteiger partial charge is 0.394 e. The van der Waals surface area contributed by atoms with Crippen LogP contribution in [0, 0.1) is 47.3 Å². The number of urea groups is 1. The first-order chi connectivity index (χ1) is 53.2. The minimum absolute atomic E-state index is 0.00356. The maximum absolute atomic E-state index is 14.4. The van der Waals surface area contributed by atoms with Gasteiger partial charge in [0, 0.05) is 89.9 Å². The van der Waals surface area contributed by atoms with Gasteiger partial charge in [-0.2, -0.15) is 0 Å². The van der Waals surface area contributed by atoms with Gasteiger partial charge in [0.05, 0.1) is 68.6 Å². The van der Waals surface area contributed by atoms with Gasteiger partial charge in [-0.1, -0.05) is 90.9 Å². The Morgan fingerprint density at radius 1 is 0.459 bits per heavy atom. The maximum atomic E-state index is 14.4. The molecule has 16 N–H and O–H groups in total. The van der Waals surface area contributed by atoms with E-state index < -0.39 is 219 Å². The first-order valence-electron chi connectivity index (χ1n) is 41.4. The molecule has 6 saturated heterocycles. The van der Waals surface area contributed by atoms with Crippen LogP contribution < -0.4 is 31.9 Å². The molecule has 0 radical (unpaired) electrons. The number of carbonyl (C=O) groups excluding carboxylic acids is 7. The van der Waals surface area contributed by atoms with Crippen molar-refractivity contribution in [3.63, 3.8) is 0 Å². The molecule has 34 heteroatoms. The molecule has 0 bridgehead atoms. The Morgan fingerprint density at radius 2 is 0.928 bits per heavy atom. The Bertz CT molecular complexity index is 2970. The number of nitrogens with one attached hydrogen (secondary N) is 6. The fourth-order valence-electron chi connectivity index (χ4n) is 18.6. The van der Waals surface area contributed by atoms with E-state index in [0.29, 0.717) is 57.8 Å². The van der Waals surface area contributed by atoms with E-state index in [1.54, 1.807) is 4.90 Å². The van der Waals surface area contributed by atoms with Crippen molar-refractivity contribution < 1.29 is 127 Å². The molecule has 30 atom stereocenters. The van der Waals surface area contributed by atoms with Crippen LogP contribution in [-0.4, -0.2) is 321 Å².